The Hall–Kier alpha value is -1.31. The Morgan fingerprint density at radius 1 is 1.29 bits per heavy atom. The predicted molar refractivity (Wildman–Crippen MR) is 69.8 cm³/mol. The maximum absolute atomic E-state index is 11.8. The van der Waals surface area contributed by atoms with Crippen LogP contribution in [0.2, 0.25) is 0 Å². The Balaban J connectivity index is 2.00. The van der Waals surface area contributed by atoms with Crippen LogP contribution in [-0.4, -0.2) is 5.91 Å². The van der Waals surface area contributed by atoms with E-state index in [4.69, 9.17) is 0 Å². The largest absolute Gasteiger partial charge is 0.349 e. The first kappa shape index (κ1) is 12.2. The molecule has 2 heteroatoms. The lowest BCUT2D eigenvalue weighted by molar-refractivity contribution is -0.128. The molecule has 1 atom stereocenters. The summed E-state index contributed by atoms with van der Waals surface area (Å²) in [4.78, 5) is 11.8. The van der Waals surface area contributed by atoms with Gasteiger partial charge in [-0.3, -0.25) is 4.79 Å². The van der Waals surface area contributed by atoms with Gasteiger partial charge < -0.3 is 5.32 Å². The zero-order valence-corrected chi connectivity index (χ0v) is 10.9. The van der Waals surface area contributed by atoms with E-state index < -0.39 is 0 Å². The minimum atomic E-state index is 0.113. The van der Waals surface area contributed by atoms with Crippen molar-refractivity contribution in [3.63, 3.8) is 0 Å². The molecule has 0 spiro atoms. The van der Waals surface area contributed by atoms with Crippen molar-refractivity contribution in [1.82, 2.24) is 5.32 Å². The fraction of sp³-hybridized carbons (Fsp3) is 0.533. The van der Waals surface area contributed by atoms with Crippen molar-refractivity contribution < 1.29 is 4.79 Å². The van der Waals surface area contributed by atoms with E-state index in [-0.39, 0.29) is 17.9 Å². The highest BCUT2D eigenvalue weighted by atomic mass is 16.1. The molecule has 1 saturated carbocycles. The lowest BCUT2D eigenvalue weighted by atomic mass is 9.84. The standard InChI is InChI=1S/C15H21NO/c1-10-7-8-14(9-11(10)2)12(3)16-15(17)13-5-4-6-13/h7-9,12-13H,4-6H2,1-3H3,(H,16,17). The second-order valence-corrected chi connectivity index (χ2v) is 5.20. The first-order valence-electron chi connectivity index (χ1n) is 6.45. The van der Waals surface area contributed by atoms with E-state index in [2.05, 4.69) is 44.3 Å². The van der Waals surface area contributed by atoms with Gasteiger partial charge in [0.15, 0.2) is 0 Å². The van der Waals surface area contributed by atoms with Gasteiger partial charge in [0.05, 0.1) is 6.04 Å². The van der Waals surface area contributed by atoms with Crippen molar-refractivity contribution in [2.45, 2.75) is 46.1 Å². The molecule has 0 aromatic heterocycles. The number of nitrogens with one attached hydrogen (secondary N) is 1. The molecule has 0 heterocycles. The Morgan fingerprint density at radius 3 is 2.53 bits per heavy atom. The monoisotopic (exact) mass is 231 g/mol. The van der Waals surface area contributed by atoms with Crippen LogP contribution in [0.5, 0.6) is 0 Å². The molecule has 1 amide bonds. The molecular weight excluding hydrogens is 210 g/mol. The van der Waals surface area contributed by atoms with Crippen LogP contribution in [0, 0.1) is 19.8 Å². The van der Waals surface area contributed by atoms with E-state index in [0.717, 1.165) is 12.8 Å². The van der Waals surface area contributed by atoms with E-state index in [1.54, 1.807) is 0 Å². The van der Waals surface area contributed by atoms with Gasteiger partial charge in [-0.2, -0.15) is 0 Å². The third-order valence-electron chi connectivity index (χ3n) is 3.87. The molecule has 92 valence electrons. The lowest BCUT2D eigenvalue weighted by Gasteiger charge is -2.26. The van der Waals surface area contributed by atoms with Gasteiger partial charge in [-0.15, -0.1) is 0 Å². The molecule has 2 rings (SSSR count). The van der Waals surface area contributed by atoms with E-state index in [0.29, 0.717) is 0 Å². The Morgan fingerprint density at radius 2 is 2.00 bits per heavy atom. The van der Waals surface area contributed by atoms with E-state index in [1.807, 2.05) is 0 Å². The average molecular weight is 231 g/mol. The van der Waals surface area contributed by atoms with Crippen molar-refractivity contribution in [2.75, 3.05) is 0 Å². The molecule has 1 fully saturated rings. The van der Waals surface area contributed by atoms with Crippen molar-refractivity contribution in [2.24, 2.45) is 5.92 Å². The number of benzene rings is 1. The summed E-state index contributed by atoms with van der Waals surface area (Å²) in [6.07, 6.45) is 3.33. The molecule has 0 radical (unpaired) electrons. The van der Waals surface area contributed by atoms with Crippen LogP contribution in [-0.2, 0) is 4.79 Å². The lowest BCUT2D eigenvalue weighted by Crippen LogP contribution is -2.36. The highest BCUT2D eigenvalue weighted by Gasteiger charge is 2.26. The zero-order chi connectivity index (χ0) is 12.4. The molecule has 1 aliphatic rings. The van der Waals surface area contributed by atoms with E-state index in [1.165, 1.54) is 23.1 Å². The average Bonchev–Trinajstić information content (AvgIpc) is 2.19. The molecule has 1 aromatic rings. The molecule has 0 saturated heterocycles. The fourth-order valence-corrected chi connectivity index (χ4v) is 2.12. The van der Waals surface area contributed by atoms with E-state index >= 15 is 0 Å². The third kappa shape index (κ3) is 2.68. The topological polar surface area (TPSA) is 29.1 Å². The number of aryl methyl sites for hydroxylation is 2. The van der Waals surface area contributed by atoms with Crippen LogP contribution < -0.4 is 5.32 Å². The first-order chi connectivity index (χ1) is 8.08. The predicted octanol–water partition coefficient (Wildman–Crippen LogP) is 3.28. The molecule has 1 aliphatic carbocycles. The number of hydrogen-bond donors (Lipinski definition) is 1. The summed E-state index contributed by atoms with van der Waals surface area (Å²) in [5, 5.41) is 3.11. The number of hydrogen-bond acceptors (Lipinski definition) is 1. The number of carbonyl (C=O) groups is 1. The van der Waals surface area contributed by atoms with Gasteiger partial charge >= 0.3 is 0 Å². The number of carbonyl (C=O) groups excluding carboxylic acids is 1. The van der Waals surface area contributed by atoms with Crippen LogP contribution in [0.15, 0.2) is 18.2 Å². The molecule has 1 unspecified atom stereocenters. The first-order valence-corrected chi connectivity index (χ1v) is 6.45. The Kier molecular flexibility index (Phi) is 3.51. The normalized spacial score (nSPS) is 17.4. The summed E-state index contributed by atoms with van der Waals surface area (Å²) >= 11 is 0. The van der Waals surface area contributed by atoms with Gasteiger partial charge in [-0.1, -0.05) is 24.6 Å². The van der Waals surface area contributed by atoms with Crippen molar-refractivity contribution in [1.29, 1.82) is 0 Å². The summed E-state index contributed by atoms with van der Waals surface area (Å²) in [5.41, 5.74) is 3.78. The Bertz CT molecular complexity index is 421. The van der Waals surface area contributed by atoms with Crippen molar-refractivity contribution >= 4 is 5.91 Å². The number of rotatable bonds is 3. The van der Waals surface area contributed by atoms with Gasteiger partial charge in [-0.25, -0.2) is 0 Å². The maximum atomic E-state index is 11.8. The molecule has 0 bridgehead atoms. The third-order valence-corrected chi connectivity index (χ3v) is 3.87. The van der Waals surface area contributed by atoms with E-state index in [9.17, 15) is 4.79 Å². The molecule has 1 N–H and O–H groups in total. The minimum absolute atomic E-state index is 0.113. The Labute approximate surface area is 103 Å². The van der Waals surface area contributed by atoms with Gasteiger partial charge in [0.1, 0.15) is 0 Å². The van der Waals surface area contributed by atoms with Gasteiger partial charge in [0.2, 0.25) is 5.91 Å². The van der Waals surface area contributed by atoms with Crippen LogP contribution >= 0.6 is 0 Å². The minimum Gasteiger partial charge on any atom is -0.349 e. The second-order valence-electron chi connectivity index (χ2n) is 5.20. The highest BCUT2D eigenvalue weighted by molar-refractivity contribution is 5.79. The summed E-state index contributed by atoms with van der Waals surface area (Å²) in [7, 11) is 0. The fourth-order valence-electron chi connectivity index (χ4n) is 2.12. The van der Waals surface area contributed by atoms with Crippen LogP contribution in [0.4, 0.5) is 0 Å². The van der Waals surface area contributed by atoms with Gasteiger partial charge in [0, 0.05) is 5.92 Å². The maximum Gasteiger partial charge on any atom is 0.223 e. The molecule has 1 aromatic carbocycles. The SMILES string of the molecule is Cc1ccc(C(C)NC(=O)C2CCC2)cc1C. The highest BCUT2D eigenvalue weighted by Crippen LogP contribution is 2.27. The summed E-state index contributed by atoms with van der Waals surface area (Å²) in [6.45, 7) is 6.27. The van der Waals surface area contributed by atoms with Crippen molar-refractivity contribution in [3.05, 3.63) is 34.9 Å². The smallest absolute Gasteiger partial charge is 0.223 e. The summed E-state index contributed by atoms with van der Waals surface area (Å²) in [5.74, 6) is 0.492. The van der Waals surface area contributed by atoms with Crippen LogP contribution in [0.3, 0.4) is 0 Å². The molecule has 2 nitrogen and oxygen atoms in total. The molecule has 0 aliphatic heterocycles. The summed E-state index contributed by atoms with van der Waals surface area (Å²) < 4.78 is 0. The molecule has 17 heavy (non-hydrogen) atoms. The van der Waals surface area contributed by atoms with Gasteiger partial charge in [-0.05, 0) is 50.3 Å². The number of amides is 1. The van der Waals surface area contributed by atoms with Crippen molar-refractivity contribution in [3.8, 4) is 0 Å². The molecular formula is C15H21NO. The quantitative estimate of drug-likeness (QED) is 0.849. The van der Waals surface area contributed by atoms with Crippen LogP contribution in [0.1, 0.15) is 48.9 Å². The second kappa shape index (κ2) is 4.91. The van der Waals surface area contributed by atoms with Gasteiger partial charge in [0.25, 0.3) is 0 Å². The summed E-state index contributed by atoms with van der Waals surface area (Å²) in [6, 6.07) is 6.51. The zero-order valence-electron chi connectivity index (χ0n) is 10.9. The van der Waals surface area contributed by atoms with Crippen LogP contribution in [0.25, 0.3) is 0 Å².